The number of aliphatic hydroxyl groups is 1. The van der Waals surface area contributed by atoms with Gasteiger partial charge < -0.3 is 10.0 Å². The molecule has 28 heavy (non-hydrogen) atoms. The first-order valence-electron chi connectivity index (χ1n) is 9.11. The Kier molecular flexibility index (Phi) is 4.87. The third-order valence-electron chi connectivity index (χ3n) is 4.92. The van der Waals surface area contributed by atoms with E-state index in [4.69, 9.17) is 4.98 Å². The molecule has 144 valence electrons. The summed E-state index contributed by atoms with van der Waals surface area (Å²) in [6.45, 7) is 3.16. The lowest BCUT2D eigenvalue weighted by Crippen LogP contribution is -2.41. The van der Waals surface area contributed by atoms with E-state index < -0.39 is 11.9 Å². The molecule has 1 N–H and O–H groups in total. The van der Waals surface area contributed by atoms with Gasteiger partial charge in [0.15, 0.2) is 0 Å². The number of β-amino-alcohol motifs (C(OH)–C–C–N with tert-alkyl or cyclic N) is 1. The smallest absolute Gasteiger partial charge is 0.258 e. The second-order valence-corrected chi connectivity index (χ2v) is 6.81. The molecule has 4 rings (SSSR count). The zero-order valence-corrected chi connectivity index (χ0v) is 15.4. The van der Waals surface area contributed by atoms with Crippen molar-refractivity contribution in [2.45, 2.75) is 26.0 Å². The third-order valence-corrected chi connectivity index (χ3v) is 4.92. The Morgan fingerprint density at radius 2 is 2.14 bits per heavy atom. The van der Waals surface area contributed by atoms with Crippen LogP contribution < -0.4 is 10.5 Å². The van der Waals surface area contributed by atoms with Crippen molar-refractivity contribution in [2.75, 3.05) is 18.0 Å². The average Bonchev–Trinajstić information content (AvgIpc) is 2.71. The minimum atomic E-state index is -0.900. The first-order valence-corrected chi connectivity index (χ1v) is 9.11. The molecule has 1 aliphatic heterocycles. The molecule has 0 aliphatic carbocycles. The molecule has 2 aromatic heterocycles. The van der Waals surface area contributed by atoms with Crippen molar-refractivity contribution < 1.29 is 9.50 Å². The maximum atomic E-state index is 13.5. The van der Waals surface area contributed by atoms with Gasteiger partial charge in [-0.2, -0.15) is 0 Å². The van der Waals surface area contributed by atoms with Crippen molar-refractivity contribution in [3.8, 4) is 11.4 Å². The summed E-state index contributed by atoms with van der Waals surface area (Å²) in [5.74, 6) is 0.0949. The Morgan fingerprint density at radius 1 is 1.29 bits per heavy atom. The van der Waals surface area contributed by atoms with E-state index in [0.29, 0.717) is 41.6 Å². The Morgan fingerprint density at radius 3 is 2.89 bits per heavy atom. The summed E-state index contributed by atoms with van der Waals surface area (Å²) < 4.78 is 15.1. The molecule has 1 atom stereocenters. The van der Waals surface area contributed by atoms with Gasteiger partial charge in [-0.15, -0.1) is 0 Å². The van der Waals surface area contributed by atoms with Gasteiger partial charge in [0.2, 0.25) is 5.95 Å². The molecule has 3 heterocycles. The maximum Gasteiger partial charge on any atom is 0.258 e. The van der Waals surface area contributed by atoms with Crippen molar-refractivity contribution >= 4 is 5.95 Å². The normalized spacial score (nSPS) is 14.6. The van der Waals surface area contributed by atoms with Gasteiger partial charge in [-0.05, 0) is 37.1 Å². The van der Waals surface area contributed by atoms with Gasteiger partial charge in [-0.3, -0.25) is 9.36 Å². The van der Waals surface area contributed by atoms with Crippen LogP contribution in [0.2, 0.25) is 0 Å². The summed E-state index contributed by atoms with van der Waals surface area (Å²) in [7, 11) is 0. The quantitative estimate of drug-likeness (QED) is 0.745. The van der Waals surface area contributed by atoms with E-state index in [1.807, 2.05) is 4.90 Å². The fourth-order valence-corrected chi connectivity index (χ4v) is 3.48. The molecule has 0 saturated carbocycles. The Bertz CT molecular complexity index is 1050. The molecule has 0 amide bonds. The number of hydrogen-bond acceptors (Lipinski definition) is 6. The molecule has 0 spiro atoms. The molecule has 0 saturated heterocycles. The Labute approximate surface area is 161 Å². The van der Waals surface area contributed by atoms with Gasteiger partial charge in [0.1, 0.15) is 17.8 Å². The molecular formula is C20H20FN5O2. The number of rotatable bonds is 4. The largest absolute Gasteiger partial charge is 0.387 e. The summed E-state index contributed by atoms with van der Waals surface area (Å²) in [5, 5.41) is 10.6. The standard InChI is InChI=1S/C20H20FN5O2/c1-13-18(16-6-7-22-12-23-16)24-20-25(8-3-9-26(20)19(13)28)11-17(27)14-4-2-5-15(21)10-14/h2,4-7,10,12,17,27H,3,8-9,11H2,1H3. The second-order valence-electron chi connectivity index (χ2n) is 6.81. The highest BCUT2D eigenvalue weighted by Crippen LogP contribution is 2.25. The number of fused-ring (bicyclic) bond motifs is 1. The van der Waals surface area contributed by atoms with Crippen molar-refractivity contribution in [1.82, 2.24) is 19.5 Å². The van der Waals surface area contributed by atoms with Crippen molar-refractivity contribution in [3.63, 3.8) is 0 Å². The van der Waals surface area contributed by atoms with Crippen LogP contribution in [0.4, 0.5) is 10.3 Å². The van der Waals surface area contributed by atoms with E-state index in [0.717, 1.165) is 6.42 Å². The number of anilines is 1. The predicted octanol–water partition coefficient (Wildman–Crippen LogP) is 2.09. The Hall–Kier alpha value is -3.13. The van der Waals surface area contributed by atoms with Gasteiger partial charge in [-0.25, -0.2) is 19.3 Å². The lowest BCUT2D eigenvalue weighted by atomic mass is 10.1. The van der Waals surface area contributed by atoms with Crippen LogP contribution in [0.1, 0.15) is 23.7 Å². The summed E-state index contributed by atoms with van der Waals surface area (Å²) in [4.78, 5) is 27.6. The molecule has 0 fully saturated rings. The van der Waals surface area contributed by atoms with Crippen molar-refractivity contribution in [3.05, 3.63) is 70.2 Å². The van der Waals surface area contributed by atoms with E-state index in [1.54, 1.807) is 35.9 Å². The number of benzene rings is 1. The lowest BCUT2D eigenvalue weighted by molar-refractivity contribution is 0.180. The topological polar surface area (TPSA) is 84.1 Å². The third kappa shape index (κ3) is 3.38. The van der Waals surface area contributed by atoms with Crippen LogP contribution in [0.3, 0.4) is 0 Å². The van der Waals surface area contributed by atoms with E-state index in [9.17, 15) is 14.3 Å². The number of aliphatic hydroxyl groups excluding tert-OH is 1. The second kappa shape index (κ2) is 7.47. The summed E-state index contributed by atoms with van der Waals surface area (Å²) in [6.07, 6.45) is 2.88. The highest BCUT2D eigenvalue weighted by molar-refractivity contribution is 5.59. The van der Waals surface area contributed by atoms with Crippen LogP contribution in [0.5, 0.6) is 0 Å². The van der Waals surface area contributed by atoms with Crippen LogP contribution in [0.25, 0.3) is 11.4 Å². The fraction of sp³-hybridized carbons (Fsp3) is 0.300. The predicted molar refractivity (Wildman–Crippen MR) is 102 cm³/mol. The molecule has 8 heteroatoms. The van der Waals surface area contributed by atoms with Gasteiger partial charge in [0.25, 0.3) is 5.56 Å². The highest BCUT2D eigenvalue weighted by Gasteiger charge is 2.25. The van der Waals surface area contributed by atoms with E-state index >= 15 is 0 Å². The highest BCUT2D eigenvalue weighted by atomic mass is 19.1. The molecule has 1 aliphatic rings. The van der Waals surface area contributed by atoms with E-state index in [1.165, 1.54) is 18.5 Å². The molecule has 1 unspecified atom stereocenters. The molecule has 7 nitrogen and oxygen atoms in total. The molecular weight excluding hydrogens is 361 g/mol. The zero-order chi connectivity index (χ0) is 19.7. The van der Waals surface area contributed by atoms with Gasteiger partial charge >= 0.3 is 0 Å². The van der Waals surface area contributed by atoms with Crippen LogP contribution in [-0.2, 0) is 6.54 Å². The minimum Gasteiger partial charge on any atom is -0.387 e. The molecule has 3 aromatic rings. The van der Waals surface area contributed by atoms with Crippen molar-refractivity contribution in [1.29, 1.82) is 0 Å². The summed E-state index contributed by atoms with van der Waals surface area (Å²) >= 11 is 0. The fourth-order valence-electron chi connectivity index (χ4n) is 3.48. The SMILES string of the molecule is Cc1c(-c2ccncn2)nc2n(c1=O)CCCN2CC(O)c1cccc(F)c1. The van der Waals surface area contributed by atoms with Gasteiger partial charge in [0.05, 0.1) is 18.3 Å². The molecule has 1 aromatic carbocycles. The average molecular weight is 381 g/mol. The minimum absolute atomic E-state index is 0.122. The number of halogens is 1. The molecule has 0 bridgehead atoms. The lowest BCUT2D eigenvalue weighted by Gasteiger charge is -2.33. The number of nitrogens with zero attached hydrogens (tertiary/aromatic N) is 5. The first kappa shape index (κ1) is 18.2. The molecule has 0 radical (unpaired) electrons. The van der Waals surface area contributed by atoms with Gasteiger partial charge in [0, 0.05) is 24.8 Å². The first-order chi connectivity index (χ1) is 13.5. The monoisotopic (exact) mass is 381 g/mol. The summed E-state index contributed by atoms with van der Waals surface area (Å²) in [5.41, 5.74) is 1.97. The van der Waals surface area contributed by atoms with Crippen LogP contribution in [0, 0.1) is 12.7 Å². The van der Waals surface area contributed by atoms with Gasteiger partial charge in [-0.1, -0.05) is 12.1 Å². The van der Waals surface area contributed by atoms with E-state index in [2.05, 4.69) is 9.97 Å². The number of hydrogen-bond donors (Lipinski definition) is 1. The number of aromatic nitrogens is 4. The maximum absolute atomic E-state index is 13.5. The Balaban J connectivity index is 1.72. The van der Waals surface area contributed by atoms with Crippen LogP contribution in [-0.4, -0.2) is 37.7 Å². The van der Waals surface area contributed by atoms with Crippen LogP contribution >= 0.6 is 0 Å². The van der Waals surface area contributed by atoms with Crippen molar-refractivity contribution in [2.24, 2.45) is 0 Å². The van der Waals surface area contributed by atoms with Crippen LogP contribution in [0.15, 0.2) is 47.7 Å². The van der Waals surface area contributed by atoms with E-state index in [-0.39, 0.29) is 12.1 Å². The zero-order valence-electron chi connectivity index (χ0n) is 15.4. The summed E-state index contributed by atoms with van der Waals surface area (Å²) in [6, 6.07) is 7.61.